The highest BCUT2D eigenvalue weighted by Crippen LogP contribution is 2.07. The fourth-order valence-corrected chi connectivity index (χ4v) is 2.09. The van der Waals surface area contributed by atoms with E-state index < -0.39 is 23.4 Å². The molecule has 2 amide bonds. The van der Waals surface area contributed by atoms with E-state index in [9.17, 15) is 9.59 Å². The molecular formula is C17H34N4O4S. The average molecular weight is 391 g/mol. The van der Waals surface area contributed by atoms with Crippen LogP contribution in [0.15, 0.2) is 0 Å². The molecule has 0 aromatic heterocycles. The third-order valence-electron chi connectivity index (χ3n) is 2.66. The van der Waals surface area contributed by atoms with Crippen LogP contribution in [0.4, 0.5) is 9.59 Å². The number of hydrogen-bond acceptors (Lipinski definition) is 5. The molecular weight excluding hydrogens is 356 g/mol. The summed E-state index contributed by atoms with van der Waals surface area (Å²) in [6, 6.07) is -0.179. The fourth-order valence-electron chi connectivity index (χ4n) is 1.69. The Hall–Kier alpha value is -1.77. The SMILES string of the molecule is C[C@@H](CNC(=O)OC(C)(C)C)NC(=S)N[C@@H](C)CNC(=O)OC(C)(C)C. The third-order valence-corrected chi connectivity index (χ3v) is 2.89. The first-order valence-electron chi connectivity index (χ1n) is 8.68. The van der Waals surface area contributed by atoms with Crippen LogP contribution in [0.25, 0.3) is 0 Å². The Balaban J connectivity index is 4.05. The quantitative estimate of drug-likeness (QED) is 0.516. The van der Waals surface area contributed by atoms with E-state index in [1.165, 1.54) is 0 Å². The lowest BCUT2D eigenvalue weighted by Crippen LogP contribution is -2.51. The van der Waals surface area contributed by atoms with E-state index in [1.807, 2.05) is 13.8 Å². The van der Waals surface area contributed by atoms with Crippen LogP contribution in [0.2, 0.25) is 0 Å². The molecule has 0 aliphatic heterocycles. The summed E-state index contributed by atoms with van der Waals surface area (Å²) in [5.41, 5.74) is -1.07. The summed E-state index contributed by atoms with van der Waals surface area (Å²) in [4.78, 5) is 23.2. The average Bonchev–Trinajstić information content (AvgIpc) is 2.39. The van der Waals surface area contributed by atoms with Crippen LogP contribution in [0, 0.1) is 0 Å². The van der Waals surface area contributed by atoms with Gasteiger partial charge in [0.1, 0.15) is 11.2 Å². The zero-order valence-electron chi connectivity index (χ0n) is 17.1. The van der Waals surface area contributed by atoms with Gasteiger partial charge in [0, 0.05) is 25.2 Å². The highest BCUT2D eigenvalue weighted by Gasteiger charge is 2.18. The summed E-state index contributed by atoms with van der Waals surface area (Å²) < 4.78 is 10.3. The molecule has 0 spiro atoms. The third kappa shape index (κ3) is 14.6. The predicted molar refractivity (Wildman–Crippen MR) is 106 cm³/mol. The molecule has 0 aliphatic rings. The minimum absolute atomic E-state index is 0.0893. The van der Waals surface area contributed by atoms with Crippen molar-refractivity contribution in [1.82, 2.24) is 21.3 Å². The van der Waals surface area contributed by atoms with Gasteiger partial charge in [-0.1, -0.05) is 0 Å². The molecule has 152 valence electrons. The Morgan fingerprint density at radius 1 is 0.808 bits per heavy atom. The van der Waals surface area contributed by atoms with Crippen LogP contribution in [0.3, 0.4) is 0 Å². The Kier molecular flexibility index (Phi) is 9.69. The van der Waals surface area contributed by atoms with Crippen molar-refractivity contribution in [2.45, 2.75) is 78.7 Å². The summed E-state index contributed by atoms with van der Waals surface area (Å²) in [6.07, 6.45) is -0.945. The fraction of sp³-hybridized carbons (Fsp3) is 0.824. The number of thiocarbonyl (C=S) groups is 1. The number of nitrogens with one attached hydrogen (secondary N) is 4. The lowest BCUT2D eigenvalue weighted by molar-refractivity contribution is 0.0514. The normalized spacial score (nSPS) is 13.8. The second kappa shape index (κ2) is 10.4. The van der Waals surface area contributed by atoms with Gasteiger partial charge < -0.3 is 30.7 Å². The lowest BCUT2D eigenvalue weighted by atomic mass is 10.2. The molecule has 0 rings (SSSR count). The van der Waals surface area contributed by atoms with Crippen molar-refractivity contribution in [2.75, 3.05) is 13.1 Å². The van der Waals surface area contributed by atoms with E-state index in [1.54, 1.807) is 41.5 Å². The van der Waals surface area contributed by atoms with E-state index in [0.717, 1.165) is 0 Å². The van der Waals surface area contributed by atoms with Gasteiger partial charge in [-0.2, -0.15) is 0 Å². The van der Waals surface area contributed by atoms with Gasteiger partial charge in [-0.05, 0) is 67.6 Å². The monoisotopic (exact) mass is 390 g/mol. The van der Waals surface area contributed by atoms with Crippen LogP contribution in [-0.2, 0) is 9.47 Å². The van der Waals surface area contributed by atoms with Crippen LogP contribution in [0.5, 0.6) is 0 Å². The summed E-state index contributed by atoms with van der Waals surface area (Å²) in [6.45, 7) is 15.3. The molecule has 0 heterocycles. The van der Waals surface area contributed by atoms with E-state index in [2.05, 4.69) is 21.3 Å². The predicted octanol–water partition coefficient (Wildman–Crippen LogP) is 2.28. The number of amides is 2. The number of ether oxygens (including phenoxy) is 2. The molecule has 26 heavy (non-hydrogen) atoms. The van der Waals surface area contributed by atoms with Gasteiger partial charge in [0.15, 0.2) is 5.11 Å². The number of rotatable bonds is 6. The molecule has 9 heteroatoms. The van der Waals surface area contributed by atoms with Crippen LogP contribution in [-0.4, -0.2) is 53.7 Å². The van der Waals surface area contributed by atoms with Gasteiger partial charge in [-0.25, -0.2) is 9.59 Å². The lowest BCUT2D eigenvalue weighted by Gasteiger charge is -2.23. The first kappa shape index (κ1) is 24.2. The Labute approximate surface area is 162 Å². The van der Waals surface area contributed by atoms with E-state index in [0.29, 0.717) is 18.2 Å². The Morgan fingerprint density at radius 2 is 1.12 bits per heavy atom. The number of hydrogen-bond donors (Lipinski definition) is 4. The smallest absolute Gasteiger partial charge is 0.407 e. The van der Waals surface area contributed by atoms with Crippen LogP contribution < -0.4 is 21.3 Å². The largest absolute Gasteiger partial charge is 0.444 e. The van der Waals surface area contributed by atoms with Gasteiger partial charge in [0.2, 0.25) is 0 Å². The number of carbonyl (C=O) groups is 2. The molecule has 0 radical (unpaired) electrons. The summed E-state index contributed by atoms with van der Waals surface area (Å²) in [5.74, 6) is 0. The Bertz CT molecular complexity index is 444. The zero-order valence-corrected chi connectivity index (χ0v) is 17.9. The van der Waals surface area contributed by atoms with Crippen LogP contribution in [0.1, 0.15) is 55.4 Å². The molecule has 2 atom stereocenters. The van der Waals surface area contributed by atoms with Crippen molar-refractivity contribution in [3.05, 3.63) is 0 Å². The van der Waals surface area contributed by atoms with Crippen molar-refractivity contribution in [1.29, 1.82) is 0 Å². The minimum Gasteiger partial charge on any atom is -0.444 e. The standard InChI is InChI=1S/C17H34N4O4S/c1-11(9-18-14(22)24-16(3,4)5)20-13(26)21-12(2)10-19-15(23)25-17(6,7)8/h11-12H,9-10H2,1-8H3,(H,18,22)(H,19,23)(H2,20,21,26)/t11-,12-/m0/s1. The van der Waals surface area contributed by atoms with E-state index >= 15 is 0 Å². The second-order valence-electron chi connectivity index (χ2n) is 8.19. The first-order chi connectivity index (χ1) is 11.7. The first-order valence-corrected chi connectivity index (χ1v) is 9.09. The molecule has 0 fully saturated rings. The van der Waals surface area contributed by atoms with Gasteiger partial charge >= 0.3 is 12.2 Å². The summed E-state index contributed by atoms with van der Waals surface area (Å²) in [7, 11) is 0. The molecule has 0 aliphatic carbocycles. The van der Waals surface area contributed by atoms with E-state index in [-0.39, 0.29) is 12.1 Å². The number of alkyl carbamates (subject to hydrolysis) is 2. The molecule has 0 unspecified atom stereocenters. The summed E-state index contributed by atoms with van der Waals surface area (Å²) >= 11 is 5.23. The maximum atomic E-state index is 11.6. The molecule has 0 aromatic carbocycles. The minimum atomic E-state index is -0.534. The van der Waals surface area contributed by atoms with Gasteiger partial charge in [0.05, 0.1) is 0 Å². The second-order valence-corrected chi connectivity index (χ2v) is 8.59. The number of carbonyl (C=O) groups excluding carboxylic acids is 2. The molecule has 0 aromatic rings. The van der Waals surface area contributed by atoms with Crippen molar-refractivity contribution >= 4 is 29.5 Å². The van der Waals surface area contributed by atoms with Crippen LogP contribution >= 0.6 is 12.2 Å². The Morgan fingerprint density at radius 3 is 1.38 bits per heavy atom. The van der Waals surface area contributed by atoms with Crippen molar-refractivity contribution in [3.8, 4) is 0 Å². The van der Waals surface area contributed by atoms with Gasteiger partial charge in [-0.3, -0.25) is 0 Å². The van der Waals surface area contributed by atoms with Crippen molar-refractivity contribution < 1.29 is 19.1 Å². The molecule has 0 bridgehead atoms. The molecule has 0 saturated heterocycles. The summed E-state index contributed by atoms with van der Waals surface area (Å²) in [5, 5.41) is 11.9. The van der Waals surface area contributed by atoms with Crippen molar-refractivity contribution in [2.24, 2.45) is 0 Å². The molecule has 8 nitrogen and oxygen atoms in total. The van der Waals surface area contributed by atoms with Gasteiger partial charge in [0.25, 0.3) is 0 Å². The maximum Gasteiger partial charge on any atom is 0.407 e. The maximum absolute atomic E-state index is 11.6. The topological polar surface area (TPSA) is 101 Å². The highest BCUT2D eigenvalue weighted by molar-refractivity contribution is 7.80. The zero-order chi connectivity index (χ0) is 20.5. The van der Waals surface area contributed by atoms with Gasteiger partial charge in [-0.15, -0.1) is 0 Å². The van der Waals surface area contributed by atoms with Crippen molar-refractivity contribution in [3.63, 3.8) is 0 Å². The van der Waals surface area contributed by atoms with E-state index in [4.69, 9.17) is 21.7 Å². The molecule has 0 saturated carbocycles. The highest BCUT2D eigenvalue weighted by atomic mass is 32.1. The molecule has 4 N–H and O–H groups in total.